The Morgan fingerprint density at radius 1 is 1.11 bits per heavy atom. The maximum Gasteiger partial charge on any atom is 0.530 e. The van der Waals surface area contributed by atoms with Crippen molar-refractivity contribution in [2.75, 3.05) is 0 Å². The topological polar surface area (TPSA) is 126 Å². The van der Waals surface area contributed by atoms with E-state index in [1.807, 2.05) is 6.92 Å². The predicted octanol–water partition coefficient (Wildman–Crippen LogP) is 4.72. The number of carbonyl (C=O) groups excluding carboxylic acids is 1. The number of carbonyl (C=O) groups is 1. The van der Waals surface area contributed by atoms with Gasteiger partial charge in [0, 0.05) is 10.9 Å². The molecule has 202 valence electrons. The molecule has 1 atom stereocenters. The average Bonchev–Trinajstić information content (AvgIpc) is 3.10. The highest BCUT2D eigenvalue weighted by atomic mass is 31.2. The standard InChI is InChI=1S/C27H31N2O8P/c1-14(2)35-38(33,36-15(3)4)37-17-7-8-22-18(9-17)16(5)19-12-29-23(25(19)28-22)10-21-20(26(29)31)13-34-24(30)11-27(21,6)32/h7-10,14-15,32H,11-13H2,1-6H3. The quantitative estimate of drug-likeness (QED) is 0.272. The highest BCUT2D eigenvalue weighted by Gasteiger charge is 2.38. The minimum absolute atomic E-state index is 0.189. The molecular weight excluding hydrogens is 511 g/mol. The van der Waals surface area contributed by atoms with Gasteiger partial charge in [0.1, 0.15) is 12.4 Å². The summed E-state index contributed by atoms with van der Waals surface area (Å²) >= 11 is 0. The molecule has 1 aromatic carbocycles. The van der Waals surface area contributed by atoms with Crippen molar-refractivity contribution in [1.29, 1.82) is 0 Å². The molecule has 11 heteroatoms. The zero-order valence-corrected chi connectivity index (χ0v) is 23.1. The van der Waals surface area contributed by atoms with Gasteiger partial charge in [-0.05, 0) is 76.9 Å². The van der Waals surface area contributed by atoms with Crippen molar-refractivity contribution >= 4 is 24.7 Å². The van der Waals surface area contributed by atoms with Gasteiger partial charge in [0.15, 0.2) is 0 Å². The Kier molecular flexibility index (Phi) is 6.51. The molecule has 2 aliphatic rings. The number of hydrogen-bond donors (Lipinski definition) is 1. The first-order valence-corrected chi connectivity index (χ1v) is 14.0. The van der Waals surface area contributed by atoms with Gasteiger partial charge >= 0.3 is 13.8 Å². The molecule has 0 saturated heterocycles. The molecule has 2 aliphatic heterocycles. The molecule has 1 unspecified atom stereocenters. The fraction of sp³-hybridized carbons (Fsp3) is 0.444. The molecule has 5 rings (SSSR count). The van der Waals surface area contributed by atoms with E-state index in [0.717, 1.165) is 16.5 Å². The fourth-order valence-electron chi connectivity index (χ4n) is 5.02. The van der Waals surface area contributed by atoms with Crippen LogP contribution in [0.2, 0.25) is 0 Å². The molecule has 2 aromatic heterocycles. The van der Waals surface area contributed by atoms with Crippen LogP contribution < -0.4 is 10.1 Å². The van der Waals surface area contributed by atoms with Gasteiger partial charge in [-0.1, -0.05) is 0 Å². The van der Waals surface area contributed by atoms with E-state index in [2.05, 4.69) is 0 Å². The second kappa shape index (κ2) is 9.31. The van der Waals surface area contributed by atoms with Crippen LogP contribution >= 0.6 is 7.82 Å². The van der Waals surface area contributed by atoms with E-state index in [9.17, 15) is 19.3 Å². The van der Waals surface area contributed by atoms with E-state index in [1.54, 1.807) is 56.5 Å². The van der Waals surface area contributed by atoms with Crippen LogP contribution in [0.5, 0.6) is 5.75 Å². The van der Waals surface area contributed by atoms with E-state index in [0.29, 0.717) is 28.2 Å². The van der Waals surface area contributed by atoms with Crippen LogP contribution in [-0.2, 0) is 41.9 Å². The number of phosphoric acid groups is 1. The summed E-state index contributed by atoms with van der Waals surface area (Å²) < 4.78 is 36.8. The normalized spacial score (nSPS) is 18.8. The Morgan fingerprint density at radius 2 is 1.79 bits per heavy atom. The Labute approximate surface area is 220 Å². The third-order valence-electron chi connectivity index (χ3n) is 6.65. The zero-order valence-electron chi connectivity index (χ0n) is 22.2. The summed E-state index contributed by atoms with van der Waals surface area (Å²) in [6.45, 7) is 10.5. The number of rotatable bonds is 6. The van der Waals surface area contributed by atoms with Gasteiger partial charge < -0.3 is 18.9 Å². The number of nitrogens with zero attached hydrogens (tertiary/aromatic N) is 2. The maximum absolute atomic E-state index is 13.5. The zero-order chi connectivity index (χ0) is 27.6. The number of cyclic esters (lactones) is 1. The molecule has 0 amide bonds. The lowest BCUT2D eigenvalue weighted by Crippen LogP contribution is -2.30. The van der Waals surface area contributed by atoms with Gasteiger partial charge in [-0.2, -0.15) is 0 Å². The van der Waals surface area contributed by atoms with Crippen LogP contribution in [-0.4, -0.2) is 32.8 Å². The third-order valence-corrected chi connectivity index (χ3v) is 8.44. The molecule has 0 radical (unpaired) electrons. The molecule has 38 heavy (non-hydrogen) atoms. The van der Waals surface area contributed by atoms with E-state index in [1.165, 1.54) is 6.92 Å². The molecule has 0 bridgehead atoms. The fourth-order valence-corrected chi connectivity index (χ4v) is 6.56. The van der Waals surface area contributed by atoms with Crippen molar-refractivity contribution in [2.24, 2.45) is 0 Å². The highest BCUT2D eigenvalue weighted by molar-refractivity contribution is 7.49. The number of pyridine rings is 2. The van der Waals surface area contributed by atoms with Crippen LogP contribution in [0.15, 0.2) is 29.1 Å². The van der Waals surface area contributed by atoms with Crippen LogP contribution in [0.3, 0.4) is 0 Å². The number of phosphoric ester groups is 1. The lowest BCUT2D eigenvalue weighted by molar-refractivity contribution is -0.148. The molecule has 0 spiro atoms. The number of aryl methyl sites for hydroxylation is 1. The Hall–Kier alpha value is -3.04. The molecule has 0 saturated carbocycles. The van der Waals surface area contributed by atoms with Gasteiger partial charge in [0.25, 0.3) is 5.56 Å². The number of hydrogen-bond acceptors (Lipinski definition) is 9. The summed E-state index contributed by atoms with van der Waals surface area (Å²) in [6.07, 6.45) is -0.987. The predicted molar refractivity (Wildman–Crippen MR) is 140 cm³/mol. The molecule has 10 nitrogen and oxygen atoms in total. The summed E-state index contributed by atoms with van der Waals surface area (Å²) in [5.74, 6) is -0.250. The number of ether oxygens (including phenoxy) is 1. The SMILES string of the molecule is Cc1c2c(nc3ccc(OP(=O)(OC(C)C)OC(C)C)cc13)-c1cc3c(c(=O)n1C2)COC(=O)CC3(C)O. The number of aliphatic hydroxyl groups is 1. The van der Waals surface area contributed by atoms with E-state index < -0.39 is 19.4 Å². The first-order valence-electron chi connectivity index (χ1n) is 12.5. The second-order valence-electron chi connectivity index (χ2n) is 10.5. The van der Waals surface area contributed by atoms with Crippen LogP contribution in [0.4, 0.5) is 0 Å². The van der Waals surface area contributed by atoms with Crippen molar-refractivity contribution in [3.05, 3.63) is 56.9 Å². The van der Waals surface area contributed by atoms with Gasteiger partial charge in [-0.3, -0.25) is 18.6 Å². The van der Waals surface area contributed by atoms with Crippen molar-refractivity contribution in [3.63, 3.8) is 0 Å². The van der Waals surface area contributed by atoms with Crippen molar-refractivity contribution < 1.29 is 32.8 Å². The van der Waals surface area contributed by atoms with Crippen molar-refractivity contribution in [2.45, 2.75) is 78.9 Å². The largest absolute Gasteiger partial charge is 0.530 e. The first kappa shape index (κ1) is 26.6. The molecule has 3 aromatic rings. The summed E-state index contributed by atoms with van der Waals surface area (Å²) in [4.78, 5) is 30.3. The summed E-state index contributed by atoms with van der Waals surface area (Å²) in [5, 5.41) is 11.8. The highest BCUT2D eigenvalue weighted by Crippen LogP contribution is 2.52. The lowest BCUT2D eigenvalue weighted by atomic mass is 9.89. The molecule has 0 aliphatic carbocycles. The Bertz CT molecular complexity index is 1560. The third kappa shape index (κ3) is 4.66. The van der Waals surface area contributed by atoms with Gasteiger partial charge in [0.2, 0.25) is 0 Å². The van der Waals surface area contributed by atoms with Crippen LogP contribution in [0.1, 0.15) is 63.3 Å². The average molecular weight is 543 g/mol. The molecule has 1 N–H and O–H groups in total. The molecule has 4 heterocycles. The summed E-state index contributed by atoms with van der Waals surface area (Å²) in [6, 6.07) is 6.88. The van der Waals surface area contributed by atoms with E-state index in [4.69, 9.17) is 23.3 Å². The van der Waals surface area contributed by atoms with Gasteiger partial charge in [0.05, 0.1) is 53.2 Å². The summed E-state index contributed by atoms with van der Waals surface area (Å²) in [5.41, 5.74) is 2.37. The minimum atomic E-state index is -3.87. The molecular formula is C27H31N2O8P. The maximum atomic E-state index is 13.5. The van der Waals surface area contributed by atoms with Gasteiger partial charge in [-0.25, -0.2) is 9.55 Å². The van der Waals surface area contributed by atoms with Crippen LogP contribution in [0, 0.1) is 6.92 Å². The Morgan fingerprint density at radius 3 is 2.45 bits per heavy atom. The molecule has 0 fully saturated rings. The second-order valence-corrected chi connectivity index (χ2v) is 12.0. The van der Waals surface area contributed by atoms with Gasteiger partial charge in [-0.15, -0.1) is 0 Å². The number of fused-ring (bicyclic) bond motifs is 5. The number of aromatic nitrogens is 2. The summed E-state index contributed by atoms with van der Waals surface area (Å²) in [7, 11) is -3.87. The monoisotopic (exact) mass is 542 g/mol. The minimum Gasteiger partial charge on any atom is -0.460 e. The van der Waals surface area contributed by atoms with E-state index in [-0.39, 0.29) is 42.9 Å². The van der Waals surface area contributed by atoms with Crippen molar-refractivity contribution in [1.82, 2.24) is 9.55 Å². The lowest BCUT2D eigenvalue weighted by Gasteiger charge is -2.23. The van der Waals surface area contributed by atoms with Crippen LogP contribution in [0.25, 0.3) is 22.3 Å². The Balaban J connectivity index is 1.59. The number of esters is 1. The van der Waals surface area contributed by atoms with Crippen molar-refractivity contribution in [3.8, 4) is 17.1 Å². The number of benzene rings is 1. The van der Waals surface area contributed by atoms with E-state index >= 15 is 0 Å². The first-order chi connectivity index (χ1) is 17.8. The smallest absolute Gasteiger partial charge is 0.460 e.